The molecule has 0 rings (SSSR count). The fourth-order valence-electron chi connectivity index (χ4n) is 0.630. The van der Waals surface area contributed by atoms with E-state index in [1.807, 2.05) is 40.7 Å². The minimum Gasteiger partial charge on any atom is -0.459 e. The van der Waals surface area contributed by atoms with Gasteiger partial charge < -0.3 is 4.74 Å². The first-order chi connectivity index (χ1) is 5.93. The maximum Gasteiger partial charge on any atom is 0.330 e. The van der Waals surface area contributed by atoms with Gasteiger partial charge in [-0.05, 0) is 18.8 Å². The average molecular weight is 184 g/mol. The summed E-state index contributed by atoms with van der Waals surface area (Å²) in [5.41, 5.74) is 0. The molecule has 0 spiro atoms. The summed E-state index contributed by atoms with van der Waals surface area (Å²) in [6, 6.07) is 0. The Kier molecular flexibility index (Phi) is 5.44. The van der Waals surface area contributed by atoms with E-state index in [0.717, 1.165) is 0 Å². The van der Waals surface area contributed by atoms with Gasteiger partial charge in [0.05, 0.1) is 0 Å². The van der Waals surface area contributed by atoms with Gasteiger partial charge in [0.15, 0.2) is 0 Å². The van der Waals surface area contributed by atoms with Crippen LogP contribution < -0.4 is 0 Å². The Balaban J connectivity index is 3.88. The molecule has 0 N–H and O–H groups in total. The van der Waals surface area contributed by atoms with E-state index in [-0.39, 0.29) is 12.1 Å². The summed E-state index contributed by atoms with van der Waals surface area (Å²) in [5.74, 6) is 0.521. The molecule has 0 aromatic rings. The molecule has 0 fully saturated rings. The maximum absolute atomic E-state index is 11.2. The Bertz CT molecular complexity index is 181. The Hall–Kier alpha value is -0.790. The average Bonchev–Trinajstić information content (AvgIpc) is 2.00. The van der Waals surface area contributed by atoms with Gasteiger partial charge >= 0.3 is 5.97 Å². The quantitative estimate of drug-likeness (QED) is 0.496. The molecule has 1 unspecified atom stereocenters. The second-order valence-corrected chi connectivity index (χ2v) is 3.99. The van der Waals surface area contributed by atoms with Crippen LogP contribution in [0.15, 0.2) is 12.2 Å². The molecule has 2 nitrogen and oxygen atoms in total. The van der Waals surface area contributed by atoms with Crippen LogP contribution >= 0.6 is 0 Å². The Morgan fingerprint density at radius 1 is 1.15 bits per heavy atom. The van der Waals surface area contributed by atoms with E-state index in [0.29, 0.717) is 11.8 Å². The molecule has 0 aliphatic rings. The van der Waals surface area contributed by atoms with Crippen molar-refractivity contribution >= 4 is 5.97 Å². The highest BCUT2D eigenvalue weighted by molar-refractivity contribution is 5.82. The summed E-state index contributed by atoms with van der Waals surface area (Å²) >= 11 is 0. The molecule has 2 heteroatoms. The van der Waals surface area contributed by atoms with Gasteiger partial charge in [-0.1, -0.05) is 33.8 Å². The molecule has 0 heterocycles. The van der Waals surface area contributed by atoms with Gasteiger partial charge in [-0.3, -0.25) is 0 Å². The van der Waals surface area contributed by atoms with Crippen LogP contribution in [0.4, 0.5) is 0 Å². The van der Waals surface area contributed by atoms with Crippen LogP contribution in [-0.2, 0) is 9.53 Å². The van der Waals surface area contributed by atoms with Gasteiger partial charge in [0.2, 0.25) is 0 Å². The predicted octanol–water partition coefficient (Wildman–Crippen LogP) is 2.79. The molecular weight excluding hydrogens is 164 g/mol. The first kappa shape index (κ1) is 12.2. The molecular formula is C11H20O2. The lowest BCUT2D eigenvalue weighted by molar-refractivity contribution is -0.144. The van der Waals surface area contributed by atoms with Crippen LogP contribution in [-0.4, -0.2) is 12.1 Å². The van der Waals surface area contributed by atoms with Crippen molar-refractivity contribution in [3.63, 3.8) is 0 Å². The van der Waals surface area contributed by atoms with E-state index in [1.165, 1.54) is 6.08 Å². The number of carbonyl (C=O) groups excluding carboxylic acids is 1. The third-order valence-electron chi connectivity index (χ3n) is 1.86. The molecule has 0 radical (unpaired) electrons. The van der Waals surface area contributed by atoms with Gasteiger partial charge in [-0.2, -0.15) is 0 Å². The second kappa shape index (κ2) is 5.79. The second-order valence-electron chi connectivity index (χ2n) is 3.99. The van der Waals surface area contributed by atoms with E-state index in [9.17, 15) is 4.79 Å². The molecule has 0 aliphatic heterocycles. The highest BCUT2D eigenvalue weighted by Gasteiger charge is 2.10. The SMILES string of the molecule is CC(C)/C=C/C(=O)OC(C)C(C)C. The van der Waals surface area contributed by atoms with Crippen LogP contribution in [0.3, 0.4) is 0 Å². The molecule has 1 atom stereocenters. The zero-order valence-electron chi connectivity index (χ0n) is 9.20. The maximum atomic E-state index is 11.2. The topological polar surface area (TPSA) is 26.3 Å². The van der Waals surface area contributed by atoms with Crippen molar-refractivity contribution < 1.29 is 9.53 Å². The standard InChI is InChI=1S/C11H20O2/c1-8(2)6-7-11(12)13-10(5)9(3)4/h6-10H,1-5H3/b7-6+. The molecule has 0 aromatic carbocycles. The van der Waals surface area contributed by atoms with Crippen molar-refractivity contribution in [2.24, 2.45) is 11.8 Å². The zero-order valence-corrected chi connectivity index (χ0v) is 9.20. The fraction of sp³-hybridized carbons (Fsp3) is 0.727. The summed E-state index contributed by atoms with van der Waals surface area (Å²) in [4.78, 5) is 11.2. The third-order valence-corrected chi connectivity index (χ3v) is 1.86. The molecule has 0 saturated carbocycles. The molecule has 0 aromatic heterocycles. The zero-order chi connectivity index (χ0) is 10.4. The van der Waals surface area contributed by atoms with Crippen molar-refractivity contribution in [1.82, 2.24) is 0 Å². The summed E-state index contributed by atoms with van der Waals surface area (Å²) in [5, 5.41) is 0. The normalized spacial score (nSPS) is 14.1. The van der Waals surface area contributed by atoms with E-state index in [4.69, 9.17) is 4.74 Å². The lowest BCUT2D eigenvalue weighted by atomic mass is 10.1. The van der Waals surface area contributed by atoms with Crippen molar-refractivity contribution in [1.29, 1.82) is 0 Å². The van der Waals surface area contributed by atoms with E-state index >= 15 is 0 Å². The largest absolute Gasteiger partial charge is 0.459 e. The predicted molar refractivity (Wildman–Crippen MR) is 54.4 cm³/mol. The van der Waals surface area contributed by atoms with Crippen LogP contribution in [0.25, 0.3) is 0 Å². The molecule has 76 valence electrons. The van der Waals surface area contributed by atoms with E-state index < -0.39 is 0 Å². The van der Waals surface area contributed by atoms with Crippen LogP contribution in [0.2, 0.25) is 0 Å². The lowest BCUT2D eigenvalue weighted by Crippen LogP contribution is -2.18. The first-order valence-corrected chi connectivity index (χ1v) is 4.82. The number of rotatable bonds is 4. The van der Waals surface area contributed by atoms with Crippen molar-refractivity contribution in [2.45, 2.75) is 40.7 Å². The Morgan fingerprint density at radius 2 is 1.69 bits per heavy atom. The van der Waals surface area contributed by atoms with Crippen LogP contribution in [0, 0.1) is 11.8 Å². The number of allylic oxidation sites excluding steroid dienone is 1. The summed E-state index contributed by atoms with van der Waals surface area (Å²) < 4.78 is 5.14. The lowest BCUT2D eigenvalue weighted by Gasteiger charge is -2.15. The Morgan fingerprint density at radius 3 is 2.08 bits per heavy atom. The first-order valence-electron chi connectivity index (χ1n) is 4.82. The fourth-order valence-corrected chi connectivity index (χ4v) is 0.630. The number of hydrogen-bond acceptors (Lipinski definition) is 2. The number of esters is 1. The summed E-state index contributed by atoms with van der Waals surface area (Å²) in [7, 11) is 0. The smallest absolute Gasteiger partial charge is 0.330 e. The van der Waals surface area contributed by atoms with Crippen molar-refractivity contribution in [2.75, 3.05) is 0 Å². The molecule has 0 amide bonds. The van der Waals surface area contributed by atoms with Crippen LogP contribution in [0.1, 0.15) is 34.6 Å². The summed E-state index contributed by atoms with van der Waals surface area (Å²) in [6.45, 7) is 10.0. The van der Waals surface area contributed by atoms with Gasteiger partial charge in [-0.25, -0.2) is 4.79 Å². The number of hydrogen-bond donors (Lipinski definition) is 0. The third kappa shape index (κ3) is 6.38. The minimum atomic E-state index is -0.241. The Labute approximate surface area is 81.0 Å². The van der Waals surface area contributed by atoms with Gasteiger partial charge in [-0.15, -0.1) is 0 Å². The monoisotopic (exact) mass is 184 g/mol. The van der Waals surface area contributed by atoms with Crippen molar-refractivity contribution in [3.8, 4) is 0 Å². The van der Waals surface area contributed by atoms with Gasteiger partial charge in [0.25, 0.3) is 0 Å². The van der Waals surface area contributed by atoms with Gasteiger partial charge in [0, 0.05) is 6.08 Å². The van der Waals surface area contributed by atoms with E-state index in [2.05, 4.69) is 0 Å². The molecule has 0 bridgehead atoms. The minimum absolute atomic E-state index is 0.00990. The molecule has 0 saturated heterocycles. The van der Waals surface area contributed by atoms with Crippen LogP contribution in [0.5, 0.6) is 0 Å². The number of ether oxygens (including phenoxy) is 1. The molecule has 0 aliphatic carbocycles. The number of carbonyl (C=O) groups is 1. The highest BCUT2D eigenvalue weighted by atomic mass is 16.5. The molecule has 13 heavy (non-hydrogen) atoms. The summed E-state index contributed by atoms with van der Waals surface area (Å²) in [6.07, 6.45) is 3.34. The highest BCUT2D eigenvalue weighted by Crippen LogP contribution is 2.06. The van der Waals surface area contributed by atoms with Gasteiger partial charge in [0.1, 0.15) is 6.10 Å². The van der Waals surface area contributed by atoms with E-state index in [1.54, 1.807) is 0 Å². The van der Waals surface area contributed by atoms with Crippen molar-refractivity contribution in [3.05, 3.63) is 12.2 Å².